The zero-order valence-electron chi connectivity index (χ0n) is 32.6. The molecule has 8 aromatic rings. The summed E-state index contributed by atoms with van der Waals surface area (Å²) in [7, 11) is 0. The highest BCUT2D eigenvalue weighted by Gasteiger charge is 2.51. The largest absolute Gasteiger partial charge is 0.208 e. The highest BCUT2D eigenvalue weighted by Crippen LogP contribution is 2.63. The highest BCUT2D eigenvalue weighted by molar-refractivity contribution is 5.95. The van der Waals surface area contributed by atoms with Crippen LogP contribution in [0, 0.1) is 5.92 Å². The molecule has 0 saturated heterocycles. The van der Waals surface area contributed by atoms with Crippen molar-refractivity contribution in [2.75, 3.05) is 0 Å². The number of nitrogens with zero attached hydrogens (tertiary/aromatic N) is 3. The maximum absolute atomic E-state index is 5.23. The van der Waals surface area contributed by atoms with Crippen molar-refractivity contribution >= 4 is 11.1 Å². The third kappa shape index (κ3) is 5.70. The monoisotopic (exact) mass is 743 g/mol. The molecule has 58 heavy (non-hydrogen) atoms. The Morgan fingerprint density at radius 2 is 0.914 bits per heavy atom. The fourth-order valence-corrected chi connectivity index (χ4v) is 9.05. The predicted octanol–water partition coefficient (Wildman–Crippen LogP) is 13.5. The second kappa shape index (κ2) is 14.4. The maximum atomic E-state index is 5.23. The third-order valence-electron chi connectivity index (χ3n) is 12.0. The quantitative estimate of drug-likeness (QED) is 0.115. The van der Waals surface area contributed by atoms with Crippen molar-refractivity contribution in [1.82, 2.24) is 15.0 Å². The number of benzene rings is 7. The summed E-state index contributed by atoms with van der Waals surface area (Å²) in [5.41, 5.74) is 17.4. The van der Waals surface area contributed by atoms with E-state index in [1.165, 1.54) is 61.2 Å². The summed E-state index contributed by atoms with van der Waals surface area (Å²) in [4.78, 5) is 15.5. The molecular weight excluding hydrogens is 703 g/mol. The summed E-state index contributed by atoms with van der Waals surface area (Å²) in [6.45, 7) is 8.46. The number of hydrogen-bond donors (Lipinski definition) is 0. The van der Waals surface area contributed by atoms with Crippen LogP contribution in [0.4, 0.5) is 0 Å². The third-order valence-corrected chi connectivity index (χ3v) is 12.0. The Balaban J connectivity index is 1.11. The van der Waals surface area contributed by atoms with Crippen molar-refractivity contribution in [2.24, 2.45) is 5.92 Å². The van der Waals surface area contributed by atoms with E-state index in [2.05, 4.69) is 184 Å². The number of hydrogen-bond acceptors (Lipinski definition) is 3. The van der Waals surface area contributed by atoms with Crippen LogP contribution in [-0.2, 0) is 5.41 Å². The van der Waals surface area contributed by atoms with Crippen LogP contribution >= 0.6 is 0 Å². The molecular formula is C55H41N3. The molecule has 1 atom stereocenters. The van der Waals surface area contributed by atoms with Crippen molar-refractivity contribution in [2.45, 2.75) is 19.3 Å². The van der Waals surface area contributed by atoms with E-state index < -0.39 is 5.41 Å². The number of rotatable bonds is 8. The molecule has 7 aromatic carbocycles. The zero-order valence-corrected chi connectivity index (χ0v) is 32.6. The van der Waals surface area contributed by atoms with E-state index in [1.807, 2.05) is 30.3 Å². The van der Waals surface area contributed by atoms with E-state index in [0.717, 1.165) is 22.3 Å². The molecule has 1 spiro atoms. The first-order valence-electron chi connectivity index (χ1n) is 20.0. The van der Waals surface area contributed by atoms with Gasteiger partial charge in [-0.1, -0.05) is 195 Å². The lowest BCUT2D eigenvalue weighted by molar-refractivity contribution is 0.794. The van der Waals surface area contributed by atoms with E-state index in [1.54, 1.807) is 0 Å². The average Bonchev–Trinajstić information content (AvgIpc) is 3.76. The van der Waals surface area contributed by atoms with Crippen LogP contribution in [0.5, 0.6) is 0 Å². The first-order chi connectivity index (χ1) is 28.5. The van der Waals surface area contributed by atoms with E-state index in [-0.39, 0.29) is 5.92 Å². The summed E-state index contributed by atoms with van der Waals surface area (Å²) in [6, 6.07) is 62.8. The Bertz CT molecular complexity index is 2860. The minimum absolute atomic E-state index is 0.159. The van der Waals surface area contributed by atoms with Crippen LogP contribution in [-0.4, -0.2) is 15.0 Å². The van der Waals surface area contributed by atoms with Gasteiger partial charge in [0.25, 0.3) is 0 Å². The first kappa shape index (κ1) is 35.2. The molecule has 0 radical (unpaired) electrons. The smallest absolute Gasteiger partial charge is 0.164 e. The second-order valence-electron chi connectivity index (χ2n) is 15.3. The molecule has 0 bridgehead atoms. The van der Waals surface area contributed by atoms with Crippen molar-refractivity contribution in [3.63, 3.8) is 0 Å². The van der Waals surface area contributed by atoms with Gasteiger partial charge in [0.15, 0.2) is 17.5 Å². The van der Waals surface area contributed by atoms with Gasteiger partial charge >= 0.3 is 0 Å². The van der Waals surface area contributed by atoms with Crippen LogP contribution in [0.15, 0.2) is 201 Å². The van der Waals surface area contributed by atoms with Crippen LogP contribution in [0.25, 0.3) is 67.6 Å². The van der Waals surface area contributed by atoms with Crippen molar-refractivity contribution in [3.05, 3.63) is 234 Å². The topological polar surface area (TPSA) is 38.7 Å². The molecule has 0 unspecified atom stereocenters. The van der Waals surface area contributed by atoms with Gasteiger partial charge in [-0.2, -0.15) is 0 Å². The van der Waals surface area contributed by atoms with Crippen LogP contribution in [0.1, 0.15) is 47.2 Å². The molecule has 0 saturated carbocycles. The fraction of sp³-hybridized carbons (Fsp3) is 0.0727. The van der Waals surface area contributed by atoms with Gasteiger partial charge in [-0.3, -0.25) is 0 Å². The minimum atomic E-state index is -0.453. The zero-order chi connectivity index (χ0) is 39.2. The van der Waals surface area contributed by atoms with E-state index in [9.17, 15) is 0 Å². The minimum Gasteiger partial charge on any atom is -0.208 e. The predicted molar refractivity (Wildman–Crippen MR) is 240 cm³/mol. The van der Waals surface area contributed by atoms with Gasteiger partial charge in [-0.05, 0) is 85.7 Å². The summed E-state index contributed by atoms with van der Waals surface area (Å²) < 4.78 is 0. The molecule has 3 heteroatoms. The summed E-state index contributed by atoms with van der Waals surface area (Å²) >= 11 is 0. The summed E-state index contributed by atoms with van der Waals surface area (Å²) in [5.74, 6) is 2.07. The molecule has 2 aliphatic rings. The normalized spacial score (nSPS) is 14.0. The van der Waals surface area contributed by atoms with Crippen LogP contribution in [0.2, 0.25) is 0 Å². The molecule has 1 aromatic heterocycles. The highest BCUT2D eigenvalue weighted by atomic mass is 15.0. The summed E-state index contributed by atoms with van der Waals surface area (Å²) in [6.07, 6.45) is 6.42. The molecule has 1 heterocycles. The van der Waals surface area contributed by atoms with Crippen LogP contribution in [0.3, 0.4) is 0 Å². The molecule has 0 fully saturated rings. The molecule has 0 aliphatic heterocycles. The number of aromatic nitrogens is 3. The maximum Gasteiger partial charge on any atom is 0.164 e. The Kier molecular flexibility index (Phi) is 8.72. The van der Waals surface area contributed by atoms with Gasteiger partial charge in [-0.25, -0.2) is 15.0 Å². The lowest BCUT2D eigenvalue weighted by Gasteiger charge is -2.30. The Morgan fingerprint density at radius 1 is 0.466 bits per heavy atom. The average molecular weight is 744 g/mol. The molecule has 10 rings (SSSR count). The molecule has 2 aliphatic carbocycles. The second-order valence-corrected chi connectivity index (χ2v) is 15.3. The number of allylic oxidation sites excluding steroid dienone is 5. The van der Waals surface area contributed by atoms with Crippen molar-refractivity contribution in [1.29, 1.82) is 0 Å². The SMILES string of the molecule is C=C[C@H](C)/C(=C\C=C(/C)c1ccccc1)c1ccc(-c2nc(-c3ccccc3)nc(-c3ccc4c(c3)C3(c5ccccc5-c5ccccc53)c3ccccc3-4)n2)cc1. The van der Waals surface area contributed by atoms with Gasteiger partial charge in [-0.15, -0.1) is 6.58 Å². The van der Waals surface area contributed by atoms with Crippen molar-refractivity contribution < 1.29 is 0 Å². The van der Waals surface area contributed by atoms with Gasteiger partial charge < -0.3 is 0 Å². The van der Waals surface area contributed by atoms with E-state index >= 15 is 0 Å². The standard InChI is InChI=1S/C55H41N3/c1-4-36(2)43(33-27-37(3)38-17-7-5-8-18-38)39-28-30-41(31-29-39)53-56-52(40-19-9-6-10-20-40)57-54(58-53)42-32-34-47-46-23-13-16-26-50(46)55(51(47)35-42)48-24-14-11-21-44(48)45-22-12-15-25-49(45)55/h4-36H,1H2,2-3H3/b37-27+,43-33+/t36-/m0/s1. The van der Waals surface area contributed by atoms with Gasteiger partial charge in [0.05, 0.1) is 5.41 Å². The molecule has 0 N–H and O–H groups in total. The van der Waals surface area contributed by atoms with Crippen molar-refractivity contribution in [3.8, 4) is 56.4 Å². The van der Waals surface area contributed by atoms with E-state index in [0.29, 0.717) is 17.5 Å². The molecule has 3 nitrogen and oxygen atoms in total. The number of fused-ring (bicyclic) bond motifs is 10. The lowest BCUT2D eigenvalue weighted by Crippen LogP contribution is -2.25. The summed E-state index contributed by atoms with van der Waals surface area (Å²) in [5, 5.41) is 0. The Labute approximate surface area is 340 Å². The molecule has 276 valence electrons. The van der Waals surface area contributed by atoms with Crippen LogP contribution < -0.4 is 0 Å². The van der Waals surface area contributed by atoms with Gasteiger partial charge in [0.2, 0.25) is 0 Å². The first-order valence-corrected chi connectivity index (χ1v) is 20.0. The lowest BCUT2D eigenvalue weighted by atomic mass is 9.70. The molecule has 0 amide bonds. The Hall–Kier alpha value is -7.23. The van der Waals surface area contributed by atoms with Gasteiger partial charge in [0.1, 0.15) is 0 Å². The fourth-order valence-electron chi connectivity index (χ4n) is 9.05. The Morgan fingerprint density at radius 3 is 1.47 bits per heavy atom. The van der Waals surface area contributed by atoms with E-state index in [4.69, 9.17) is 15.0 Å². The van der Waals surface area contributed by atoms with Gasteiger partial charge in [0, 0.05) is 16.7 Å².